The largest absolute Gasteiger partial charge is 0.398 e. The van der Waals surface area contributed by atoms with Crippen molar-refractivity contribution in [2.75, 3.05) is 18.8 Å². The molecule has 28 heavy (non-hydrogen) atoms. The maximum atomic E-state index is 6.29. The Labute approximate surface area is 167 Å². The predicted molar refractivity (Wildman–Crippen MR) is 118 cm³/mol. The summed E-state index contributed by atoms with van der Waals surface area (Å²) in [6.07, 6.45) is 2.03. The number of benzene rings is 3. The van der Waals surface area contributed by atoms with E-state index in [-0.39, 0.29) is 6.04 Å². The highest BCUT2D eigenvalue weighted by atomic mass is 15.1. The van der Waals surface area contributed by atoms with Crippen molar-refractivity contribution in [3.8, 4) is 0 Å². The first-order valence-electron chi connectivity index (χ1n) is 10.0. The van der Waals surface area contributed by atoms with Gasteiger partial charge in [-0.2, -0.15) is 0 Å². The molecule has 3 aromatic rings. The third-order valence-corrected chi connectivity index (χ3v) is 5.40. The van der Waals surface area contributed by atoms with E-state index in [2.05, 4.69) is 65.6 Å². The predicted octanol–water partition coefficient (Wildman–Crippen LogP) is 5.10. The molecular formula is C25H27N3. The van der Waals surface area contributed by atoms with Crippen LogP contribution < -0.4 is 5.73 Å². The van der Waals surface area contributed by atoms with Crippen LogP contribution in [0.1, 0.15) is 35.6 Å². The summed E-state index contributed by atoms with van der Waals surface area (Å²) in [5, 5.41) is 0. The molecule has 0 aliphatic carbocycles. The number of nitrogens with two attached hydrogens (primary N) is 1. The van der Waals surface area contributed by atoms with Crippen LogP contribution in [0, 0.1) is 0 Å². The topological polar surface area (TPSA) is 41.6 Å². The van der Waals surface area contributed by atoms with E-state index < -0.39 is 0 Å². The van der Waals surface area contributed by atoms with E-state index in [9.17, 15) is 0 Å². The third kappa shape index (κ3) is 4.49. The minimum atomic E-state index is -0.0296. The minimum absolute atomic E-state index is 0.0296. The molecule has 3 heteroatoms. The summed E-state index contributed by atoms with van der Waals surface area (Å²) in [4.78, 5) is 7.70. The van der Waals surface area contributed by atoms with E-state index in [1.807, 2.05) is 24.3 Å². The Kier molecular flexibility index (Phi) is 5.83. The zero-order valence-electron chi connectivity index (χ0n) is 16.2. The van der Waals surface area contributed by atoms with E-state index >= 15 is 0 Å². The van der Waals surface area contributed by atoms with Gasteiger partial charge in [0, 0.05) is 36.6 Å². The van der Waals surface area contributed by atoms with Crippen LogP contribution >= 0.6 is 0 Å². The number of hydrogen-bond donors (Lipinski definition) is 1. The molecule has 1 saturated heterocycles. The molecule has 4 rings (SSSR count). The zero-order valence-corrected chi connectivity index (χ0v) is 16.2. The molecule has 1 fully saturated rings. The molecule has 1 aliphatic heterocycles. The zero-order chi connectivity index (χ0) is 19.2. The highest BCUT2D eigenvalue weighted by molar-refractivity contribution is 5.86. The van der Waals surface area contributed by atoms with Gasteiger partial charge in [-0.3, -0.25) is 9.89 Å². The fourth-order valence-corrected chi connectivity index (χ4v) is 3.84. The van der Waals surface area contributed by atoms with Crippen LogP contribution in [0.5, 0.6) is 0 Å². The van der Waals surface area contributed by atoms with E-state index in [0.717, 1.165) is 43.7 Å². The van der Waals surface area contributed by atoms with Gasteiger partial charge < -0.3 is 5.73 Å². The number of nitrogens with zero attached hydrogens (tertiary/aromatic N) is 2. The highest BCUT2D eigenvalue weighted by Crippen LogP contribution is 2.31. The molecule has 0 amide bonds. The van der Waals surface area contributed by atoms with Gasteiger partial charge in [0.25, 0.3) is 0 Å². The maximum absolute atomic E-state index is 6.29. The number of likely N-dealkylation sites (tertiary alicyclic amines) is 1. The number of piperidine rings is 1. The number of aliphatic imine (C=N–C) groups is 1. The first-order valence-corrected chi connectivity index (χ1v) is 10.0. The molecule has 0 spiro atoms. The van der Waals surface area contributed by atoms with Gasteiger partial charge in [-0.25, -0.2) is 0 Å². The van der Waals surface area contributed by atoms with Crippen molar-refractivity contribution in [3.63, 3.8) is 0 Å². The molecule has 0 saturated carbocycles. The first-order chi connectivity index (χ1) is 13.8. The maximum Gasteiger partial charge on any atom is 0.102 e. The van der Waals surface area contributed by atoms with Gasteiger partial charge in [-0.05, 0) is 30.0 Å². The molecular weight excluding hydrogens is 342 g/mol. The van der Waals surface area contributed by atoms with Gasteiger partial charge >= 0.3 is 0 Å². The van der Waals surface area contributed by atoms with E-state index in [4.69, 9.17) is 10.7 Å². The quantitative estimate of drug-likeness (QED) is 0.636. The van der Waals surface area contributed by atoms with E-state index in [1.54, 1.807) is 0 Å². The van der Waals surface area contributed by atoms with Crippen molar-refractivity contribution in [2.24, 2.45) is 4.99 Å². The number of nitrogen functional groups attached to an aromatic ring is 1. The Morgan fingerprint density at radius 1 is 0.786 bits per heavy atom. The van der Waals surface area contributed by atoms with Crippen LogP contribution in [-0.2, 0) is 6.54 Å². The number of anilines is 1. The number of rotatable bonds is 5. The van der Waals surface area contributed by atoms with Gasteiger partial charge in [-0.1, -0.05) is 78.9 Å². The van der Waals surface area contributed by atoms with Gasteiger partial charge in [0.2, 0.25) is 0 Å². The summed E-state index contributed by atoms with van der Waals surface area (Å²) in [5.74, 6) is 0. The summed E-state index contributed by atoms with van der Waals surface area (Å²) in [6.45, 7) is 3.13. The lowest BCUT2D eigenvalue weighted by Gasteiger charge is -2.28. The molecule has 142 valence electrons. The van der Waals surface area contributed by atoms with Crippen LogP contribution in [0.25, 0.3) is 0 Å². The van der Waals surface area contributed by atoms with Crippen LogP contribution in [0.2, 0.25) is 0 Å². The van der Waals surface area contributed by atoms with Crippen molar-refractivity contribution in [1.29, 1.82) is 0 Å². The summed E-state index contributed by atoms with van der Waals surface area (Å²) >= 11 is 0. The molecule has 3 aromatic carbocycles. The molecule has 0 unspecified atom stereocenters. The molecule has 1 atom stereocenters. The minimum Gasteiger partial charge on any atom is -0.398 e. The standard InChI is InChI=1S/C25H27N3/c26-24-14-8-7-13-23(24)25(21-11-5-2-6-12-21)27-22-15-17-28(18-16-22)19-20-9-3-1-4-10-20/h1-14,25H,15-19,26H2/t25-/m0/s1. The molecule has 0 aromatic heterocycles. The molecule has 1 aliphatic rings. The monoisotopic (exact) mass is 369 g/mol. The fourth-order valence-electron chi connectivity index (χ4n) is 3.84. The van der Waals surface area contributed by atoms with Crippen molar-refractivity contribution >= 4 is 11.4 Å². The van der Waals surface area contributed by atoms with Gasteiger partial charge in [-0.15, -0.1) is 0 Å². The second kappa shape index (κ2) is 8.85. The van der Waals surface area contributed by atoms with Crippen molar-refractivity contribution in [2.45, 2.75) is 25.4 Å². The molecule has 0 radical (unpaired) electrons. The normalized spacial score (nSPS) is 15.9. The van der Waals surface area contributed by atoms with Crippen molar-refractivity contribution in [1.82, 2.24) is 4.90 Å². The van der Waals surface area contributed by atoms with Crippen molar-refractivity contribution in [3.05, 3.63) is 102 Å². The van der Waals surface area contributed by atoms with E-state index in [1.165, 1.54) is 16.8 Å². The third-order valence-electron chi connectivity index (χ3n) is 5.40. The second-order valence-corrected chi connectivity index (χ2v) is 7.40. The van der Waals surface area contributed by atoms with Crippen LogP contribution in [0.3, 0.4) is 0 Å². The Bertz CT molecular complexity index is 909. The first kappa shape index (κ1) is 18.5. The lowest BCUT2D eigenvalue weighted by molar-refractivity contribution is 0.266. The average molecular weight is 370 g/mol. The SMILES string of the molecule is Nc1ccccc1[C@@H](N=C1CCN(Cc2ccccc2)CC1)c1ccccc1. The molecule has 3 nitrogen and oxygen atoms in total. The van der Waals surface area contributed by atoms with Crippen molar-refractivity contribution < 1.29 is 0 Å². The van der Waals surface area contributed by atoms with Gasteiger partial charge in [0.1, 0.15) is 6.04 Å². The second-order valence-electron chi connectivity index (χ2n) is 7.40. The highest BCUT2D eigenvalue weighted by Gasteiger charge is 2.20. The molecule has 0 bridgehead atoms. The Morgan fingerprint density at radius 3 is 2.07 bits per heavy atom. The van der Waals surface area contributed by atoms with Crippen LogP contribution in [0.4, 0.5) is 5.69 Å². The van der Waals surface area contributed by atoms with E-state index in [0.29, 0.717) is 0 Å². The Morgan fingerprint density at radius 2 is 1.39 bits per heavy atom. The fraction of sp³-hybridized carbons (Fsp3) is 0.240. The number of hydrogen-bond acceptors (Lipinski definition) is 3. The summed E-state index contributed by atoms with van der Waals surface area (Å²) in [7, 11) is 0. The molecule has 1 heterocycles. The lowest BCUT2D eigenvalue weighted by Crippen LogP contribution is -2.33. The number of para-hydroxylation sites is 1. The van der Waals surface area contributed by atoms with Crippen LogP contribution in [0.15, 0.2) is 89.9 Å². The summed E-state index contributed by atoms with van der Waals surface area (Å²) < 4.78 is 0. The summed E-state index contributed by atoms with van der Waals surface area (Å²) in [6, 6.07) is 29.2. The van der Waals surface area contributed by atoms with Crippen LogP contribution in [-0.4, -0.2) is 23.7 Å². The summed E-state index contributed by atoms with van der Waals surface area (Å²) in [5.41, 5.74) is 12.1. The smallest absolute Gasteiger partial charge is 0.102 e. The van der Waals surface area contributed by atoms with Gasteiger partial charge in [0.05, 0.1) is 0 Å². The Balaban J connectivity index is 1.51. The lowest BCUT2D eigenvalue weighted by atomic mass is 9.97. The average Bonchev–Trinajstić information content (AvgIpc) is 2.75. The Hall–Kier alpha value is -2.91. The van der Waals surface area contributed by atoms with Gasteiger partial charge in [0.15, 0.2) is 0 Å². The molecule has 2 N–H and O–H groups in total.